The van der Waals surface area contributed by atoms with E-state index in [9.17, 15) is 9.90 Å². The average Bonchev–Trinajstić information content (AvgIpc) is 3.46. The third-order valence-corrected chi connectivity index (χ3v) is 9.84. The van der Waals surface area contributed by atoms with Gasteiger partial charge in [0.2, 0.25) is 0 Å². The average molecular weight is 616 g/mol. The third kappa shape index (κ3) is 4.88. The predicted molar refractivity (Wildman–Crippen MR) is 173 cm³/mol. The van der Waals surface area contributed by atoms with Crippen molar-refractivity contribution in [1.82, 2.24) is 20.1 Å². The van der Waals surface area contributed by atoms with Gasteiger partial charge in [-0.25, -0.2) is 9.78 Å². The summed E-state index contributed by atoms with van der Waals surface area (Å²) in [6.07, 6.45) is -1.15. The van der Waals surface area contributed by atoms with Crippen LogP contribution in [0.4, 0.5) is 5.82 Å². The summed E-state index contributed by atoms with van der Waals surface area (Å²) in [7, 11) is 1.99. The van der Waals surface area contributed by atoms with Gasteiger partial charge in [0.15, 0.2) is 11.9 Å². The van der Waals surface area contributed by atoms with Gasteiger partial charge in [-0.2, -0.15) is 5.10 Å². The van der Waals surface area contributed by atoms with Crippen LogP contribution >= 0.6 is 22.9 Å². The minimum Gasteiger partial charge on any atom is -0.479 e. The van der Waals surface area contributed by atoms with Crippen LogP contribution in [-0.2, 0) is 16.6 Å². The molecule has 2 fully saturated rings. The van der Waals surface area contributed by atoms with E-state index in [0.717, 1.165) is 80.4 Å². The largest absolute Gasteiger partial charge is 0.479 e. The molecule has 43 heavy (non-hydrogen) atoms. The molecule has 2 N–H and O–H groups in total. The molecule has 10 heteroatoms. The Hall–Kier alpha value is -3.50. The minimum absolute atomic E-state index is 0.395. The number of thiazole rings is 1. The van der Waals surface area contributed by atoms with Crippen LogP contribution in [0.3, 0.4) is 0 Å². The number of halogens is 1. The highest BCUT2D eigenvalue weighted by Gasteiger charge is 2.48. The first-order valence-corrected chi connectivity index (χ1v) is 15.6. The second kappa shape index (κ2) is 10.0. The Balaban J connectivity index is 1.38. The van der Waals surface area contributed by atoms with Gasteiger partial charge in [0.05, 0.1) is 21.3 Å². The number of aryl methyl sites for hydroxylation is 2. The minimum atomic E-state index is -1.15. The summed E-state index contributed by atoms with van der Waals surface area (Å²) in [5, 5.41) is 21.2. The maximum Gasteiger partial charge on any atom is 0.337 e. The molecule has 0 amide bonds. The summed E-state index contributed by atoms with van der Waals surface area (Å²) in [4.78, 5) is 20.1. The van der Waals surface area contributed by atoms with Gasteiger partial charge < -0.3 is 20.1 Å². The quantitative estimate of drug-likeness (QED) is 0.216. The smallest absolute Gasteiger partial charge is 0.337 e. The van der Waals surface area contributed by atoms with E-state index in [2.05, 4.69) is 28.4 Å². The summed E-state index contributed by atoms with van der Waals surface area (Å²) >= 11 is 7.82. The van der Waals surface area contributed by atoms with Gasteiger partial charge in [0, 0.05) is 65.7 Å². The summed E-state index contributed by atoms with van der Waals surface area (Å²) in [6.45, 7) is 11.7. The number of hydrogen-bond donors (Lipinski definition) is 2. The standard InChI is InChI=1S/C33H34ClN5O3S/c1-18-12-23-28(26(19-6-9-21(34)10-7-19)25(18)27(31(40)41)42-32(2,3)4)43-30(36-23)20-8-11-24-22(13-20)29(37-38(24)5)39-16-33(17-39)14-35-15-33/h6-13,27,35H,14-17H2,1-5H3,(H,40,41)/t27-/m0/s1. The van der Waals surface area contributed by atoms with Crippen molar-refractivity contribution in [2.75, 3.05) is 31.1 Å². The van der Waals surface area contributed by atoms with Gasteiger partial charge in [-0.1, -0.05) is 23.7 Å². The lowest BCUT2D eigenvalue weighted by molar-refractivity contribution is -0.160. The fourth-order valence-electron chi connectivity index (χ4n) is 6.39. The summed E-state index contributed by atoms with van der Waals surface area (Å²) in [5.74, 6) is -0.0149. The normalized spacial score (nSPS) is 16.9. The van der Waals surface area contributed by atoms with Crippen LogP contribution in [0.25, 0.3) is 42.8 Å². The van der Waals surface area contributed by atoms with Crippen molar-refractivity contribution in [3.05, 3.63) is 64.7 Å². The number of aliphatic carboxylic acids is 1. The number of nitrogens with one attached hydrogen (secondary N) is 1. The van der Waals surface area contributed by atoms with Gasteiger partial charge in [-0.05, 0) is 75.2 Å². The fourth-order valence-corrected chi connectivity index (χ4v) is 7.64. The first-order valence-electron chi connectivity index (χ1n) is 14.4. The third-order valence-electron chi connectivity index (χ3n) is 8.45. The molecule has 8 nitrogen and oxygen atoms in total. The zero-order valence-corrected chi connectivity index (χ0v) is 26.4. The van der Waals surface area contributed by atoms with Crippen molar-refractivity contribution in [1.29, 1.82) is 0 Å². The highest BCUT2D eigenvalue weighted by Crippen LogP contribution is 2.45. The SMILES string of the molecule is Cc1cc2nc(-c3ccc4c(c3)c(N3CC5(CNC5)C3)nn4C)sc2c(-c2ccc(Cl)cc2)c1[C@H](OC(C)(C)C)C(=O)O. The molecule has 0 unspecified atom stereocenters. The van der Waals surface area contributed by atoms with Crippen molar-refractivity contribution in [2.24, 2.45) is 12.5 Å². The Morgan fingerprint density at radius 3 is 2.44 bits per heavy atom. The van der Waals surface area contributed by atoms with Gasteiger partial charge in [-0.15, -0.1) is 11.3 Å². The van der Waals surface area contributed by atoms with Crippen LogP contribution in [0.1, 0.15) is 38.0 Å². The first kappa shape index (κ1) is 28.3. The molecule has 2 aliphatic heterocycles. The van der Waals surface area contributed by atoms with Crippen molar-refractivity contribution in [2.45, 2.75) is 39.4 Å². The number of benzene rings is 3. The molecule has 0 saturated carbocycles. The Bertz CT molecular complexity index is 1890. The number of carboxylic acid groups (broad SMARTS) is 1. The number of nitrogens with zero attached hydrogens (tertiary/aromatic N) is 4. The van der Waals surface area contributed by atoms with E-state index in [1.54, 1.807) is 11.3 Å². The maximum atomic E-state index is 12.7. The number of hydrogen-bond acceptors (Lipinski definition) is 7. The molecule has 7 rings (SSSR count). The molecule has 222 valence electrons. The molecule has 0 aliphatic carbocycles. The van der Waals surface area contributed by atoms with Crippen LogP contribution < -0.4 is 10.2 Å². The van der Waals surface area contributed by atoms with E-state index in [0.29, 0.717) is 16.0 Å². The Morgan fingerprint density at radius 2 is 1.81 bits per heavy atom. The van der Waals surface area contributed by atoms with E-state index in [-0.39, 0.29) is 0 Å². The van der Waals surface area contributed by atoms with Gasteiger partial charge in [-0.3, -0.25) is 4.68 Å². The predicted octanol–water partition coefficient (Wildman–Crippen LogP) is 6.83. The van der Waals surface area contributed by atoms with Crippen LogP contribution in [-0.4, -0.2) is 57.6 Å². The second-order valence-electron chi connectivity index (χ2n) is 12.9. The molecular weight excluding hydrogens is 582 g/mol. The lowest BCUT2D eigenvalue weighted by Crippen LogP contribution is -2.71. The molecule has 2 aromatic heterocycles. The van der Waals surface area contributed by atoms with Gasteiger partial charge in [0.1, 0.15) is 5.01 Å². The number of carboxylic acids is 1. The van der Waals surface area contributed by atoms with E-state index in [1.165, 1.54) is 0 Å². The monoisotopic (exact) mass is 615 g/mol. The summed E-state index contributed by atoms with van der Waals surface area (Å²) < 4.78 is 9.03. The van der Waals surface area contributed by atoms with Gasteiger partial charge >= 0.3 is 5.97 Å². The Kier molecular flexibility index (Phi) is 6.59. The number of aromatic nitrogens is 3. The lowest BCUT2D eigenvalue weighted by atomic mass is 9.74. The summed E-state index contributed by atoms with van der Waals surface area (Å²) in [5.41, 5.74) is 5.77. The molecule has 4 heterocycles. The number of rotatable bonds is 6. The van der Waals surface area contributed by atoms with Crippen LogP contribution in [0.5, 0.6) is 0 Å². The van der Waals surface area contributed by atoms with Crippen molar-refractivity contribution >= 4 is 55.8 Å². The first-order chi connectivity index (χ1) is 20.4. The molecular formula is C33H34ClN5O3S. The van der Waals surface area contributed by atoms with Crippen molar-refractivity contribution in [3.8, 4) is 21.7 Å². The molecule has 1 spiro atoms. The molecule has 0 radical (unpaired) electrons. The highest BCUT2D eigenvalue weighted by molar-refractivity contribution is 7.22. The number of carbonyl (C=O) groups is 1. The molecule has 2 saturated heterocycles. The van der Waals surface area contributed by atoms with E-state index in [1.807, 2.05) is 69.8 Å². The molecule has 0 bridgehead atoms. The zero-order chi connectivity index (χ0) is 30.3. The number of fused-ring (bicyclic) bond motifs is 2. The maximum absolute atomic E-state index is 12.7. The lowest BCUT2D eigenvalue weighted by Gasteiger charge is -2.56. The molecule has 2 aliphatic rings. The molecule has 3 aromatic carbocycles. The van der Waals surface area contributed by atoms with Crippen molar-refractivity contribution < 1.29 is 14.6 Å². The van der Waals surface area contributed by atoms with E-state index < -0.39 is 17.7 Å². The molecule has 1 atom stereocenters. The fraction of sp³-hybridized carbons (Fsp3) is 0.364. The van der Waals surface area contributed by atoms with Gasteiger partial charge in [0.25, 0.3) is 0 Å². The van der Waals surface area contributed by atoms with Crippen LogP contribution in [0.15, 0.2) is 48.5 Å². The topological polar surface area (TPSA) is 92.5 Å². The van der Waals surface area contributed by atoms with E-state index in [4.69, 9.17) is 26.4 Å². The zero-order valence-electron chi connectivity index (χ0n) is 24.9. The van der Waals surface area contributed by atoms with Crippen LogP contribution in [0, 0.1) is 12.3 Å². The van der Waals surface area contributed by atoms with Crippen molar-refractivity contribution in [3.63, 3.8) is 0 Å². The van der Waals surface area contributed by atoms with E-state index >= 15 is 0 Å². The van der Waals surface area contributed by atoms with Crippen LogP contribution in [0.2, 0.25) is 5.02 Å². The Morgan fingerprint density at radius 1 is 1.12 bits per heavy atom. The second-order valence-corrected chi connectivity index (χ2v) is 14.4. The Labute approximate surface area is 259 Å². The molecule has 5 aromatic rings. The number of anilines is 1. The number of ether oxygens (including phenoxy) is 1. The summed E-state index contributed by atoms with van der Waals surface area (Å²) in [6, 6.07) is 15.9. The highest BCUT2D eigenvalue weighted by atomic mass is 35.5.